The molecule has 0 saturated heterocycles. The number of rotatable bonds is 2. The average molecular weight is 292 g/mol. The molecule has 0 aliphatic heterocycles. The molecule has 0 amide bonds. The second-order valence-electron chi connectivity index (χ2n) is 5.70. The highest BCUT2D eigenvalue weighted by Crippen LogP contribution is 2.39. The lowest BCUT2D eigenvalue weighted by molar-refractivity contribution is 1.39. The largest absolute Gasteiger partial charge is 0.135 e. The summed E-state index contributed by atoms with van der Waals surface area (Å²) in [6, 6.07) is 17.6. The van der Waals surface area contributed by atoms with Crippen LogP contribution in [0.5, 0.6) is 0 Å². The Morgan fingerprint density at radius 3 is 1.19 bits per heavy atom. The smallest absolute Gasteiger partial charge is 0.0354 e. The molecular weight excluding hydrogens is 272 g/mol. The third-order valence-electron chi connectivity index (χ3n) is 4.06. The van der Waals surface area contributed by atoms with E-state index in [9.17, 15) is 0 Å². The molecule has 0 aliphatic rings. The van der Waals surface area contributed by atoms with Crippen LogP contribution in [0.2, 0.25) is 0 Å². The van der Waals surface area contributed by atoms with E-state index < -0.39 is 0 Å². The fraction of sp³-hybridized carbons (Fsp3) is 0.200. The van der Waals surface area contributed by atoms with Gasteiger partial charge in [-0.1, -0.05) is 36.4 Å². The van der Waals surface area contributed by atoms with Gasteiger partial charge >= 0.3 is 0 Å². The summed E-state index contributed by atoms with van der Waals surface area (Å²) in [4.78, 5) is 2.73. The van der Waals surface area contributed by atoms with Crippen molar-refractivity contribution < 1.29 is 0 Å². The standard InChI is InChI=1S/C20H20S/c1-13-7-5-8-14(2)19(13)17-11-12-18(21-17)20-15(3)9-6-10-16(20)4/h5-12H,1-4H3. The van der Waals surface area contributed by atoms with Crippen molar-refractivity contribution in [2.75, 3.05) is 0 Å². The molecule has 0 atom stereocenters. The van der Waals surface area contributed by atoms with Crippen molar-refractivity contribution in [1.29, 1.82) is 0 Å². The van der Waals surface area contributed by atoms with Crippen molar-refractivity contribution in [3.05, 3.63) is 70.8 Å². The van der Waals surface area contributed by atoms with E-state index >= 15 is 0 Å². The Morgan fingerprint density at radius 1 is 0.524 bits per heavy atom. The molecule has 1 aromatic heterocycles. The van der Waals surface area contributed by atoms with E-state index in [1.54, 1.807) is 0 Å². The highest BCUT2D eigenvalue weighted by atomic mass is 32.1. The quantitative estimate of drug-likeness (QED) is 0.518. The Hall–Kier alpha value is -1.86. The first-order valence-corrected chi connectivity index (χ1v) is 8.12. The first-order chi connectivity index (χ1) is 10.1. The van der Waals surface area contributed by atoms with Gasteiger partial charge in [-0.2, -0.15) is 0 Å². The summed E-state index contributed by atoms with van der Waals surface area (Å²) in [5, 5.41) is 0. The normalized spacial score (nSPS) is 10.9. The van der Waals surface area contributed by atoms with Gasteiger partial charge in [0.05, 0.1) is 0 Å². The van der Waals surface area contributed by atoms with Gasteiger partial charge in [0, 0.05) is 9.75 Å². The van der Waals surface area contributed by atoms with E-state index in [1.165, 1.54) is 43.1 Å². The molecular formula is C20H20S. The molecule has 0 nitrogen and oxygen atoms in total. The van der Waals surface area contributed by atoms with E-state index in [2.05, 4.69) is 76.2 Å². The Balaban J connectivity index is 2.13. The van der Waals surface area contributed by atoms with Gasteiger partial charge in [-0.25, -0.2) is 0 Å². The number of hydrogen-bond acceptors (Lipinski definition) is 1. The molecule has 0 fully saturated rings. The maximum absolute atomic E-state index is 2.27. The van der Waals surface area contributed by atoms with Crippen molar-refractivity contribution in [3.8, 4) is 20.9 Å². The molecule has 1 heteroatoms. The maximum Gasteiger partial charge on any atom is 0.0354 e. The van der Waals surface area contributed by atoms with Crippen LogP contribution in [0.3, 0.4) is 0 Å². The number of benzene rings is 2. The Bertz CT molecular complexity index is 687. The lowest BCUT2D eigenvalue weighted by Crippen LogP contribution is -1.85. The molecule has 0 radical (unpaired) electrons. The number of thiophene rings is 1. The minimum absolute atomic E-state index is 1.35. The van der Waals surface area contributed by atoms with Gasteiger partial charge in [0.1, 0.15) is 0 Å². The molecule has 3 aromatic rings. The highest BCUT2D eigenvalue weighted by Gasteiger charge is 2.12. The van der Waals surface area contributed by atoms with Crippen LogP contribution in [0.1, 0.15) is 22.3 Å². The predicted molar refractivity (Wildman–Crippen MR) is 94.1 cm³/mol. The van der Waals surface area contributed by atoms with Gasteiger partial charge in [-0.05, 0) is 73.2 Å². The third-order valence-corrected chi connectivity index (χ3v) is 5.18. The van der Waals surface area contributed by atoms with Crippen LogP contribution in [0.4, 0.5) is 0 Å². The molecule has 0 spiro atoms. The van der Waals surface area contributed by atoms with Crippen molar-refractivity contribution in [1.82, 2.24) is 0 Å². The summed E-state index contributed by atoms with van der Waals surface area (Å²) in [7, 11) is 0. The Morgan fingerprint density at radius 2 is 0.857 bits per heavy atom. The van der Waals surface area contributed by atoms with E-state index in [1.807, 2.05) is 11.3 Å². The average Bonchev–Trinajstić information content (AvgIpc) is 2.87. The summed E-state index contributed by atoms with van der Waals surface area (Å²) in [5.74, 6) is 0. The topological polar surface area (TPSA) is 0 Å². The van der Waals surface area contributed by atoms with Gasteiger partial charge < -0.3 is 0 Å². The summed E-state index contributed by atoms with van der Waals surface area (Å²) in [6.07, 6.45) is 0. The summed E-state index contributed by atoms with van der Waals surface area (Å²) < 4.78 is 0. The molecule has 106 valence electrons. The zero-order valence-corrected chi connectivity index (χ0v) is 13.8. The molecule has 0 aliphatic carbocycles. The van der Waals surface area contributed by atoms with Crippen molar-refractivity contribution in [2.45, 2.75) is 27.7 Å². The third kappa shape index (κ3) is 2.54. The highest BCUT2D eigenvalue weighted by molar-refractivity contribution is 7.18. The zero-order chi connectivity index (χ0) is 15.0. The van der Waals surface area contributed by atoms with Crippen LogP contribution >= 0.6 is 11.3 Å². The monoisotopic (exact) mass is 292 g/mol. The molecule has 2 aromatic carbocycles. The first-order valence-electron chi connectivity index (χ1n) is 7.31. The SMILES string of the molecule is Cc1cccc(C)c1-c1ccc(-c2c(C)cccc2C)s1. The lowest BCUT2D eigenvalue weighted by Gasteiger charge is -2.08. The van der Waals surface area contributed by atoms with E-state index in [4.69, 9.17) is 0 Å². The van der Waals surface area contributed by atoms with Crippen molar-refractivity contribution in [3.63, 3.8) is 0 Å². The van der Waals surface area contributed by atoms with Crippen LogP contribution in [0.15, 0.2) is 48.5 Å². The molecule has 3 rings (SSSR count). The fourth-order valence-corrected chi connectivity index (χ4v) is 4.37. The van der Waals surface area contributed by atoms with Gasteiger partial charge in [-0.3, -0.25) is 0 Å². The van der Waals surface area contributed by atoms with Gasteiger partial charge in [0.15, 0.2) is 0 Å². The fourth-order valence-electron chi connectivity index (χ4n) is 3.01. The van der Waals surface area contributed by atoms with E-state index in [-0.39, 0.29) is 0 Å². The second kappa shape index (κ2) is 5.50. The summed E-state index contributed by atoms with van der Waals surface area (Å²) in [6.45, 7) is 8.78. The number of hydrogen-bond donors (Lipinski definition) is 0. The molecule has 21 heavy (non-hydrogen) atoms. The zero-order valence-electron chi connectivity index (χ0n) is 13.0. The van der Waals surface area contributed by atoms with E-state index in [0.717, 1.165) is 0 Å². The molecule has 1 heterocycles. The van der Waals surface area contributed by atoms with Crippen LogP contribution in [-0.4, -0.2) is 0 Å². The molecule has 0 N–H and O–H groups in total. The minimum atomic E-state index is 1.35. The Kier molecular flexibility index (Phi) is 3.69. The summed E-state index contributed by atoms with van der Waals surface area (Å²) >= 11 is 1.90. The maximum atomic E-state index is 2.27. The van der Waals surface area contributed by atoms with E-state index in [0.29, 0.717) is 0 Å². The van der Waals surface area contributed by atoms with Crippen molar-refractivity contribution >= 4 is 11.3 Å². The van der Waals surface area contributed by atoms with Crippen LogP contribution in [0, 0.1) is 27.7 Å². The Labute approximate surface area is 131 Å². The van der Waals surface area contributed by atoms with Gasteiger partial charge in [0.2, 0.25) is 0 Å². The lowest BCUT2D eigenvalue weighted by atomic mass is 10.0. The number of aryl methyl sites for hydroxylation is 4. The first kappa shape index (κ1) is 14.1. The molecule has 0 unspecified atom stereocenters. The van der Waals surface area contributed by atoms with Crippen molar-refractivity contribution in [2.24, 2.45) is 0 Å². The van der Waals surface area contributed by atoms with Crippen LogP contribution in [0.25, 0.3) is 20.9 Å². The van der Waals surface area contributed by atoms with Crippen LogP contribution < -0.4 is 0 Å². The second-order valence-corrected chi connectivity index (χ2v) is 6.78. The minimum Gasteiger partial charge on any atom is -0.135 e. The van der Waals surface area contributed by atoms with Gasteiger partial charge in [-0.15, -0.1) is 11.3 Å². The molecule has 0 saturated carbocycles. The predicted octanol–water partition coefficient (Wildman–Crippen LogP) is 6.32. The van der Waals surface area contributed by atoms with Gasteiger partial charge in [0.25, 0.3) is 0 Å². The summed E-state index contributed by atoms with van der Waals surface area (Å²) in [5.41, 5.74) is 8.18. The van der Waals surface area contributed by atoms with Crippen LogP contribution in [-0.2, 0) is 0 Å². The molecule has 0 bridgehead atoms.